The van der Waals surface area contributed by atoms with E-state index < -0.39 is 42.6 Å². The number of hydrogen-bond donors (Lipinski definition) is 3. The zero-order valence-corrected chi connectivity index (χ0v) is 23.9. The Morgan fingerprint density at radius 1 is 1.26 bits per heavy atom. The summed E-state index contributed by atoms with van der Waals surface area (Å²) in [6.07, 6.45) is 3.75. The number of ether oxygens (including phenoxy) is 1. The van der Waals surface area contributed by atoms with Crippen LogP contribution in [0.3, 0.4) is 0 Å². The largest absolute Gasteiger partial charge is 0.475 e. The van der Waals surface area contributed by atoms with Gasteiger partial charge in [0.25, 0.3) is 11.8 Å². The van der Waals surface area contributed by atoms with Crippen LogP contribution >= 0.6 is 0 Å². The number of alkyl halides is 2. The molecule has 3 heterocycles. The number of alkyl carbamates (subject to hydrolysis) is 1. The van der Waals surface area contributed by atoms with Gasteiger partial charge in [-0.3, -0.25) is 9.69 Å². The van der Waals surface area contributed by atoms with Gasteiger partial charge in [-0.1, -0.05) is 18.2 Å². The first kappa shape index (κ1) is 31.5. The number of amides is 2. The maximum absolute atomic E-state index is 13.7. The van der Waals surface area contributed by atoms with Crippen molar-refractivity contribution in [3.63, 3.8) is 0 Å². The first-order valence-corrected chi connectivity index (χ1v) is 14.2. The average Bonchev–Trinajstić information content (AvgIpc) is 3.36. The number of para-hydroxylation sites is 1. The van der Waals surface area contributed by atoms with Crippen LogP contribution in [0.4, 0.5) is 13.6 Å². The van der Waals surface area contributed by atoms with Crippen LogP contribution in [0.2, 0.25) is 0 Å². The quantitative estimate of drug-likeness (QED) is 0.231. The molecule has 42 heavy (non-hydrogen) atoms. The lowest BCUT2D eigenvalue weighted by Crippen LogP contribution is -2.51. The highest BCUT2D eigenvalue weighted by Crippen LogP contribution is 2.32. The van der Waals surface area contributed by atoms with Gasteiger partial charge in [-0.25, -0.2) is 13.6 Å². The lowest BCUT2D eigenvalue weighted by atomic mass is 9.76. The Balaban J connectivity index is 1.37. The van der Waals surface area contributed by atoms with Gasteiger partial charge in [-0.2, -0.15) is 5.26 Å². The Morgan fingerprint density at radius 2 is 1.98 bits per heavy atom. The van der Waals surface area contributed by atoms with Gasteiger partial charge in [0.15, 0.2) is 0 Å². The molecule has 0 spiro atoms. The third kappa shape index (κ3) is 7.67. The van der Waals surface area contributed by atoms with Crippen LogP contribution in [0, 0.1) is 11.3 Å². The Labute approximate surface area is 244 Å². The molecule has 13 heteroatoms. The Morgan fingerprint density at radius 3 is 2.67 bits per heavy atom. The van der Waals surface area contributed by atoms with E-state index in [1.807, 2.05) is 29.2 Å². The van der Waals surface area contributed by atoms with E-state index in [0.29, 0.717) is 24.1 Å². The number of likely N-dealkylation sites (tertiary alicyclic amines) is 2. The maximum Gasteiger partial charge on any atom is 0.475 e. The van der Waals surface area contributed by atoms with Crippen molar-refractivity contribution in [2.24, 2.45) is 0 Å². The summed E-state index contributed by atoms with van der Waals surface area (Å²) in [6, 6.07) is 8.75. The van der Waals surface area contributed by atoms with E-state index in [1.54, 1.807) is 19.9 Å². The van der Waals surface area contributed by atoms with E-state index >= 15 is 0 Å². The maximum atomic E-state index is 13.7. The molecule has 2 amide bonds. The standard InChI is InChI=1S/C29H37BF2N4O6/c1-28(2,35-13-10-29(31,32)11-14-35)16-21(17-33)26(37)36-12-6-5-7-22(36)19-42-27(38)34-25(30(39)40)15-20-18-41-24-9-4-3-8-23(20)24/h3-4,8-9,16,18,22,25,39-40H,5-7,10-15,19H2,1-2H3,(H,34,38)/t22-,25+/m1/s1. The van der Waals surface area contributed by atoms with Crippen molar-refractivity contribution >= 4 is 30.1 Å². The molecular formula is C29H37BF2N4O6. The van der Waals surface area contributed by atoms with Gasteiger partial charge in [0.2, 0.25) is 0 Å². The molecule has 3 N–H and O–H groups in total. The topological polar surface area (TPSA) is 139 Å². The third-order valence-electron chi connectivity index (χ3n) is 8.12. The molecular weight excluding hydrogens is 549 g/mol. The molecule has 2 aromatic rings. The van der Waals surface area contributed by atoms with E-state index in [4.69, 9.17) is 9.15 Å². The number of fused-ring (bicyclic) bond motifs is 1. The predicted molar refractivity (Wildman–Crippen MR) is 151 cm³/mol. The summed E-state index contributed by atoms with van der Waals surface area (Å²) in [5, 5.41) is 32.9. The smallest absolute Gasteiger partial charge is 0.464 e. The van der Waals surface area contributed by atoms with Crippen molar-refractivity contribution in [3.05, 3.63) is 47.7 Å². The summed E-state index contributed by atoms with van der Waals surface area (Å²) < 4.78 is 38.2. The third-order valence-corrected chi connectivity index (χ3v) is 8.12. The van der Waals surface area contributed by atoms with Gasteiger partial charge in [0, 0.05) is 43.4 Å². The Hall–Kier alpha value is -3.47. The summed E-state index contributed by atoms with van der Waals surface area (Å²) in [7, 11) is -1.86. The van der Waals surface area contributed by atoms with Crippen LogP contribution in [0.1, 0.15) is 51.5 Å². The van der Waals surface area contributed by atoms with Crippen molar-refractivity contribution in [1.29, 1.82) is 5.26 Å². The number of hydrogen-bond acceptors (Lipinski definition) is 8. The zero-order valence-electron chi connectivity index (χ0n) is 23.9. The van der Waals surface area contributed by atoms with Crippen LogP contribution in [0.15, 0.2) is 46.6 Å². The van der Waals surface area contributed by atoms with E-state index in [9.17, 15) is 33.7 Å². The number of nitrogens with one attached hydrogen (secondary N) is 1. The second kappa shape index (κ2) is 13.2. The van der Waals surface area contributed by atoms with E-state index in [1.165, 1.54) is 17.2 Å². The van der Waals surface area contributed by atoms with E-state index in [0.717, 1.165) is 18.2 Å². The minimum Gasteiger partial charge on any atom is -0.464 e. The number of nitriles is 1. The van der Waals surface area contributed by atoms with Crippen molar-refractivity contribution in [2.75, 3.05) is 26.2 Å². The van der Waals surface area contributed by atoms with E-state index in [2.05, 4.69) is 5.32 Å². The van der Waals surface area contributed by atoms with Gasteiger partial charge in [-0.15, -0.1) is 0 Å². The molecule has 2 atom stereocenters. The molecule has 0 saturated carbocycles. The number of carbonyl (C=O) groups excluding carboxylic acids is 2. The highest BCUT2D eigenvalue weighted by molar-refractivity contribution is 6.43. The number of piperidine rings is 2. The minimum atomic E-state index is -2.71. The second-order valence-corrected chi connectivity index (χ2v) is 11.5. The van der Waals surface area contributed by atoms with Crippen LogP contribution in [0.25, 0.3) is 11.0 Å². The van der Waals surface area contributed by atoms with Crippen molar-refractivity contribution in [2.45, 2.75) is 75.8 Å². The van der Waals surface area contributed by atoms with Gasteiger partial charge >= 0.3 is 13.2 Å². The average molecular weight is 586 g/mol. The SMILES string of the molecule is CC(C)(C=C(C#N)C(=O)N1CCCC[C@@H]1COC(=O)N[C@@H](Cc1coc2ccccc12)B(O)O)N1CCC(F)(F)CC1. The van der Waals surface area contributed by atoms with E-state index in [-0.39, 0.29) is 44.5 Å². The molecule has 2 saturated heterocycles. The van der Waals surface area contributed by atoms with Crippen molar-refractivity contribution < 1.29 is 37.6 Å². The van der Waals surface area contributed by atoms with Gasteiger partial charge in [0.1, 0.15) is 23.8 Å². The fraction of sp³-hybridized carbons (Fsp3) is 0.552. The highest BCUT2D eigenvalue weighted by atomic mass is 19.3. The van der Waals surface area contributed by atoms with Crippen LogP contribution < -0.4 is 5.32 Å². The highest BCUT2D eigenvalue weighted by Gasteiger charge is 2.39. The first-order valence-electron chi connectivity index (χ1n) is 14.2. The number of furan rings is 1. The summed E-state index contributed by atoms with van der Waals surface area (Å²) in [5.74, 6) is -4.29. The number of rotatable bonds is 9. The monoisotopic (exact) mass is 586 g/mol. The fourth-order valence-corrected chi connectivity index (χ4v) is 5.62. The number of nitrogens with zero attached hydrogens (tertiary/aromatic N) is 3. The predicted octanol–water partition coefficient (Wildman–Crippen LogP) is 3.42. The Kier molecular flexibility index (Phi) is 9.91. The fourth-order valence-electron chi connectivity index (χ4n) is 5.62. The molecule has 0 bridgehead atoms. The number of carbonyl (C=O) groups is 2. The summed E-state index contributed by atoms with van der Waals surface area (Å²) in [5.41, 5.74) is 0.434. The molecule has 226 valence electrons. The number of benzene rings is 1. The molecule has 4 rings (SSSR count). The molecule has 0 radical (unpaired) electrons. The zero-order chi connectivity index (χ0) is 30.5. The van der Waals surface area contributed by atoms with Crippen LogP contribution in [-0.4, -0.2) is 88.7 Å². The second-order valence-electron chi connectivity index (χ2n) is 11.5. The van der Waals surface area contributed by atoms with Crippen molar-refractivity contribution in [1.82, 2.24) is 15.1 Å². The summed E-state index contributed by atoms with van der Waals surface area (Å²) >= 11 is 0. The molecule has 0 unspecified atom stereocenters. The van der Waals surface area contributed by atoms with Crippen molar-refractivity contribution in [3.8, 4) is 6.07 Å². The Bertz CT molecular complexity index is 1330. The van der Waals surface area contributed by atoms with Crippen LogP contribution in [0.5, 0.6) is 0 Å². The first-order chi connectivity index (χ1) is 19.9. The molecule has 1 aromatic carbocycles. The van der Waals surface area contributed by atoms with Crippen LogP contribution in [-0.2, 0) is 16.0 Å². The lowest BCUT2D eigenvalue weighted by Gasteiger charge is -2.41. The molecule has 10 nitrogen and oxygen atoms in total. The number of halogens is 2. The molecule has 1 aromatic heterocycles. The van der Waals surface area contributed by atoms with Gasteiger partial charge in [-0.05, 0) is 57.2 Å². The molecule has 2 aliphatic heterocycles. The molecule has 2 aliphatic rings. The van der Waals surface area contributed by atoms with Gasteiger partial charge < -0.3 is 29.4 Å². The normalized spacial score (nSPS) is 20.5. The molecule has 2 fully saturated rings. The molecule has 0 aliphatic carbocycles. The minimum absolute atomic E-state index is 0.0819. The summed E-state index contributed by atoms with van der Waals surface area (Å²) in [6.45, 7) is 4.11. The lowest BCUT2D eigenvalue weighted by molar-refractivity contribution is -0.131. The summed E-state index contributed by atoms with van der Waals surface area (Å²) in [4.78, 5) is 29.5. The van der Waals surface area contributed by atoms with Gasteiger partial charge in [0.05, 0.1) is 18.2 Å².